The number of nitrogens with zero attached hydrogens (tertiary/aromatic N) is 3. The van der Waals surface area contributed by atoms with Crippen LogP contribution in [-0.2, 0) is 0 Å². The molecule has 3 aliphatic rings. The summed E-state index contributed by atoms with van der Waals surface area (Å²) in [5.74, 6) is 2.07. The maximum Gasteiger partial charge on any atom is 0.235 e. The quantitative estimate of drug-likeness (QED) is 0.783. The molecule has 2 bridgehead atoms. The fourth-order valence-corrected chi connectivity index (χ4v) is 3.29. The van der Waals surface area contributed by atoms with E-state index in [9.17, 15) is 0 Å². The number of unbranched alkanes of at least 4 members (excludes halogenated alkanes) is 1. The molecular formula is C15H24ClN3O. The van der Waals surface area contributed by atoms with E-state index in [0.29, 0.717) is 5.92 Å². The lowest BCUT2D eigenvalue weighted by Crippen LogP contribution is -2.46. The maximum absolute atomic E-state index is 5.85. The van der Waals surface area contributed by atoms with E-state index in [1.54, 1.807) is 12.4 Å². The average molecular weight is 298 g/mol. The lowest BCUT2D eigenvalue weighted by Gasteiger charge is -2.44. The second-order valence-corrected chi connectivity index (χ2v) is 5.69. The van der Waals surface area contributed by atoms with Gasteiger partial charge < -0.3 is 9.64 Å². The molecule has 1 aromatic heterocycles. The van der Waals surface area contributed by atoms with Crippen molar-refractivity contribution in [1.29, 1.82) is 0 Å². The number of halogens is 1. The molecule has 4 nitrogen and oxygen atoms in total. The van der Waals surface area contributed by atoms with Gasteiger partial charge in [-0.2, -0.15) is 0 Å². The fourth-order valence-electron chi connectivity index (χ4n) is 3.29. The molecule has 5 heteroatoms. The second-order valence-electron chi connectivity index (χ2n) is 5.69. The Bertz CT molecular complexity index is 421. The first kappa shape index (κ1) is 15.5. The molecule has 0 amide bonds. The summed E-state index contributed by atoms with van der Waals surface area (Å²) in [7, 11) is 0. The lowest BCUT2D eigenvalue weighted by molar-refractivity contribution is 0.0834. The van der Waals surface area contributed by atoms with Crippen molar-refractivity contribution in [3.8, 4) is 5.88 Å². The Morgan fingerprint density at radius 2 is 2.00 bits per heavy atom. The van der Waals surface area contributed by atoms with Crippen LogP contribution in [0.3, 0.4) is 0 Å². The van der Waals surface area contributed by atoms with Crippen LogP contribution in [0.4, 0.5) is 0 Å². The molecule has 0 aromatic carbocycles. The van der Waals surface area contributed by atoms with Crippen LogP contribution in [0.15, 0.2) is 12.4 Å². The number of hydrogen-bond donors (Lipinski definition) is 0. The molecule has 1 aromatic rings. The molecule has 0 aliphatic carbocycles. The normalized spacial score (nSPS) is 27.9. The summed E-state index contributed by atoms with van der Waals surface area (Å²) in [5, 5.41) is 0. The van der Waals surface area contributed by atoms with Gasteiger partial charge in [0.15, 0.2) is 0 Å². The van der Waals surface area contributed by atoms with Gasteiger partial charge in [-0.15, -0.1) is 12.4 Å². The largest absolute Gasteiger partial charge is 0.476 e. The van der Waals surface area contributed by atoms with Crippen LogP contribution >= 0.6 is 12.4 Å². The Kier molecular flexibility index (Phi) is 5.61. The topological polar surface area (TPSA) is 38.3 Å². The maximum atomic E-state index is 5.85. The molecule has 0 spiro atoms. The average Bonchev–Trinajstić information content (AvgIpc) is 2.49. The number of ether oxygens (including phenoxy) is 1. The molecule has 0 N–H and O–H groups in total. The summed E-state index contributed by atoms with van der Waals surface area (Å²) in [6.45, 7) is 6.58. The van der Waals surface area contributed by atoms with Gasteiger partial charge in [0.05, 0.1) is 6.61 Å². The third kappa shape index (κ3) is 3.23. The van der Waals surface area contributed by atoms with E-state index in [1.165, 1.54) is 25.9 Å². The standard InChI is InChI=1S/C15H23N3O.ClH/c1-2-3-10-19-15-14(16-6-7-17-15)13-11-18-8-4-12(13)5-9-18;/h6-7,12-13H,2-5,8-11H2,1H3;1H. The molecule has 0 saturated carbocycles. The van der Waals surface area contributed by atoms with Gasteiger partial charge in [-0.05, 0) is 38.3 Å². The van der Waals surface area contributed by atoms with E-state index >= 15 is 0 Å². The van der Waals surface area contributed by atoms with Gasteiger partial charge in [0.1, 0.15) is 5.69 Å². The first-order valence-electron chi connectivity index (χ1n) is 7.54. The summed E-state index contributed by atoms with van der Waals surface area (Å²) in [4.78, 5) is 11.5. The summed E-state index contributed by atoms with van der Waals surface area (Å²) in [6, 6.07) is 0. The Labute approximate surface area is 127 Å². The Morgan fingerprint density at radius 1 is 1.25 bits per heavy atom. The summed E-state index contributed by atoms with van der Waals surface area (Å²) < 4.78 is 5.85. The first-order chi connectivity index (χ1) is 9.38. The number of aromatic nitrogens is 2. The third-order valence-corrected chi connectivity index (χ3v) is 4.44. The SMILES string of the molecule is CCCCOc1nccnc1C1CN2CCC1CC2.Cl. The van der Waals surface area contributed by atoms with Crippen LogP contribution in [0.25, 0.3) is 0 Å². The zero-order chi connectivity index (χ0) is 13.1. The monoisotopic (exact) mass is 297 g/mol. The minimum absolute atomic E-state index is 0. The summed E-state index contributed by atoms with van der Waals surface area (Å²) >= 11 is 0. The Hall–Kier alpha value is -0.870. The van der Waals surface area contributed by atoms with E-state index in [-0.39, 0.29) is 12.4 Å². The van der Waals surface area contributed by atoms with Crippen molar-refractivity contribution in [2.45, 2.75) is 38.5 Å². The van der Waals surface area contributed by atoms with Gasteiger partial charge in [0, 0.05) is 24.9 Å². The van der Waals surface area contributed by atoms with Gasteiger partial charge in [0.25, 0.3) is 0 Å². The van der Waals surface area contributed by atoms with Crippen LogP contribution < -0.4 is 4.74 Å². The summed E-state index contributed by atoms with van der Waals surface area (Å²) in [6.07, 6.45) is 8.38. The first-order valence-corrected chi connectivity index (χ1v) is 7.54. The molecule has 1 atom stereocenters. The second kappa shape index (κ2) is 7.23. The Morgan fingerprint density at radius 3 is 2.65 bits per heavy atom. The Balaban J connectivity index is 0.00000147. The number of piperidine rings is 3. The molecule has 4 heterocycles. The van der Waals surface area contributed by atoms with Crippen LogP contribution in [0.2, 0.25) is 0 Å². The van der Waals surface area contributed by atoms with Crippen LogP contribution in [-0.4, -0.2) is 41.1 Å². The fraction of sp³-hybridized carbons (Fsp3) is 0.733. The van der Waals surface area contributed by atoms with Crippen LogP contribution in [0.5, 0.6) is 5.88 Å². The molecule has 112 valence electrons. The van der Waals surface area contributed by atoms with Gasteiger partial charge in [0.2, 0.25) is 5.88 Å². The predicted molar refractivity (Wildman–Crippen MR) is 81.6 cm³/mol. The molecule has 20 heavy (non-hydrogen) atoms. The van der Waals surface area contributed by atoms with E-state index in [0.717, 1.165) is 43.5 Å². The molecule has 3 saturated heterocycles. The zero-order valence-corrected chi connectivity index (χ0v) is 12.9. The van der Waals surface area contributed by atoms with Crippen molar-refractivity contribution in [2.24, 2.45) is 5.92 Å². The van der Waals surface area contributed by atoms with Crippen LogP contribution in [0.1, 0.15) is 44.2 Å². The molecule has 1 unspecified atom stereocenters. The van der Waals surface area contributed by atoms with Crippen molar-refractivity contribution in [1.82, 2.24) is 14.9 Å². The molecule has 4 rings (SSSR count). The molecular weight excluding hydrogens is 274 g/mol. The summed E-state index contributed by atoms with van der Waals surface area (Å²) in [5.41, 5.74) is 1.09. The van der Waals surface area contributed by atoms with Gasteiger partial charge >= 0.3 is 0 Å². The minimum Gasteiger partial charge on any atom is -0.476 e. The highest BCUT2D eigenvalue weighted by atomic mass is 35.5. The van der Waals surface area contributed by atoms with Gasteiger partial charge in [-0.1, -0.05) is 13.3 Å². The number of fused-ring (bicyclic) bond motifs is 3. The van der Waals surface area contributed by atoms with Crippen molar-refractivity contribution in [2.75, 3.05) is 26.2 Å². The van der Waals surface area contributed by atoms with Crippen molar-refractivity contribution >= 4 is 12.4 Å². The smallest absolute Gasteiger partial charge is 0.235 e. The van der Waals surface area contributed by atoms with E-state index in [4.69, 9.17) is 4.74 Å². The zero-order valence-electron chi connectivity index (χ0n) is 12.1. The van der Waals surface area contributed by atoms with E-state index < -0.39 is 0 Å². The van der Waals surface area contributed by atoms with Gasteiger partial charge in [-0.25, -0.2) is 4.98 Å². The van der Waals surface area contributed by atoms with Gasteiger partial charge in [-0.3, -0.25) is 4.98 Å². The highest BCUT2D eigenvalue weighted by Gasteiger charge is 2.37. The highest BCUT2D eigenvalue weighted by molar-refractivity contribution is 5.85. The molecule has 3 aliphatic heterocycles. The van der Waals surface area contributed by atoms with Crippen molar-refractivity contribution in [3.63, 3.8) is 0 Å². The highest BCUT2D eigenvalue weighted by Crippen LogP contribution is 2.40. The minimum atomic E-state index is 0. The lowest BCUT2D eigenvalue weighted by atomic mass is 9.77. The molecule has 3 fully saturated rings. The van der Waals surface area contributed by atoms with Crippen molar-refractivity contribution < 1.29 is 4.74 Å². The van der Waals surface area contributed by atoms with E-state index in [2.05, 4.69) is 21.8 Å². The number of hydrogen-bond acceptors (Lipinski definition) is 4. The van der Waals surface area contributed by atoms with E-state index in [1.807, 2.05) is 0 Å². The van der Waals surface area contributed by atoms with Crippen LogP contribution in [0, 0.1) is 5.92 Å². The van der Waals surface area contributed by atoms with Crippen molar-refractivity contribution in [3.05, 3.63) is 18.1 Å². The molecule has 0 radical (unpaired) electrons. The number of rotatable bonds is 5. The predicted octanol–water partition coefficient (Wildman–Crippen LogP) is 2.89. The third-order valence-electron chi connectivity index (χ3n) is 4.44.